The fourth-order valence-electron chi connectivity index (χ4n) is 3.11. The number of aromatic nitrogens is 2. The van der Waals surface area contributed by atoms with Crippen LogP contribution in [0.3, 0.4) is 0 Å². The Kier molecular flexibility index (Phi) is 4.51. The number of esters is 1. The summed E-state index contributed by atoms with van der Waals surface area (Å²) < 4.78 is 7.16. The van der Waals surface area contributed by atoms with Crippen LogP contribution >= 0.6 is 11.3 Å². The van der Waals surface area contributed by atoms with Crippen molar-refractivity contribution >= 4 is 33.4 Å². The molecule has 1 aliphatic rings. The Hall–Kier alpha value is -2.42. The molecule has 0 saturated carbocycles. The van der Waals surface area contributed by atoms with Crippen molar-refractivity contribution < 1.29 is 14.3 Å². The van der Waals surface area contributed by atoms with Gasteiger partial charge in [-0.15, -0.1) is 11.3 Å². The Morgan fingerprint density at radius 2 is 1.80 bits per heavy atom. The van der Waals surface area contributed by atoms with Gasteiger partial charge in [0.2, 0.25) is 0 Å². The molecule has 1 fully saturated rings. The highest BCUT2D eigenvalue weighted by Crippen LogP contribution is 2.25. The number of thiophene rings is 1. The van der Waals surface area contributed by atoms with E-state index in [0.717, 1.165) is 15.9 Å². The van der Waals surface area contributed by atoms with Crippen molar-refractivity contribution in [1.29, 1.82) is 0 Å². The Balaban J connectivity index is 1.88. The maximum absolute atomic E-state index is 12.7. The molecule has 3 rings (SSSR count). The molecule has 0 N–H and O–H groups in total. The van der Waals surface area contributed by atoms with Crippen LogP contribution in [0, 0.1) is 5.92 Å². The van der Waals surface area contributed by atoms with E-state index in [1.54, 1.807) is 18.0 Å². The third kappa shape index (κ3) is 2.88. The predicted octanol–water partition coefficient (Wildman–Crippen LogP) is 0.324. The molecule has 1 aliphatic heterocycles. The van der Waals surface area contributed by atoms with Crippen molar-refractivity contribution in [2.45, 2.75) is 12.8 Å². The molecule has 134 valence electrons. The van der Waals surface area contributed by atoms with Gasteiger partial charge >= 0.3 is 11.7 Å². The largest absolute Gasteiger partial charge is 0.469 e. The summed E-state index contributed by atoms with van der Waals surface area (Å²) in [5.74, 6) is -0.601. The highest BCUT2D eigenvalue weighted by Gasteiger charge is 2.29. The topological polar surface area (TPSA) is 90.6 Å². The third-order valence-corrected chi connectivity index (χ3v) is 5.85. The summed E-state index contributed by atoms with van der Waals surface area (Å²) in [6, 6.07) is 1.55. The fraction of sp³-hybridized carbons (Fsp3) is 0.500. The lowest BCUT2D eigenvalue weighted by Gasteiger charge is -2.30. The smallest absolute Gasteiger partial charge is 0.331 e. The lowest BCUT2D eigenvalue weighted by Crippen LogP contribution is -2.40. The summed E-state index contributed by atoms with van der Waals surface area (Å²) in [6.07, 6.45) is 1.12. The third-order valence-electron chi connectivity index (χ3n) is 4.65. The number of piperidine rings is 1. The number of ether oxygens (including phenoxy) is 1. The molecule has 0 spiro atoms. The average molecular weight is 365 g/mol. The molecule has 0 bridgehead atoms. The van der Waals surface area contributed by atoms with Crippen LogP contribution in [-0.4, -0.2) is 46.1 Å². The molecule has 0 aromatic carbocycles. The van der Waals surface area contributed by atoms with Crippen molar-refractivity contribution in [3.05, 3.63) is 31.8 Å². The van der Waals surface area contributed by atoms with Gasteiger partial charge in [-0.3, -0.25) is 23.5 Å². The predicted molar refractivity (Wildman–Crippen MR) is 93.0 cm³/mol. The van der Waals surface area contributed by atoms with Gasteiger partial charge in [-0.25, -0.2) is 4.79 Å². The molecule has 1 saturated heterocycles. The summed E-state index contributed by atoms with van der Waals surface area (Å²) in [6.45, 7) is 0.924. The van der Waals surface area contributed by atoms with E-state index in [-0.39, 0.29) is 17.8 Å². The highest BCUT2D eigenvalue weighted by molar-refractivity contribution is 7.20. The molecule has 9 heteroatoms. The normalized spacial score (nSPS) is 15.6. The van der Waals surface area contributed by atoms with Crippen LogP contribution in [0.5, 0.6) is 0 Å². The summed E-state index contributed by atoms with van der Waals surface area (Å²) in [5.41, 5.74) is -0.824. The van der Waals surface area contributed by atoms with Crippen molar-refractivity contribution in [3.8, 4) is 0 Å². The average Bonchev–Trinajstić information content (AvgIpc) is 3.09. The van der Waals surface area contributed by atoms with E-state index in [9.17, 15) is 19.2 Å². The SMILES string of the molecule is COC(=O)C1CCN(C(=O)c2cc3c(=O)n(C)c(=O)n(C)c3s2)CC1. The molecule has 3 heterocycles. The van der Waals surface area contributed by atoms with E-state index in [2.05, 4.69) is 0 Å². The van der Waals surface area contributed by atoms with E-state index < -0.39 is 11.2 Å². The number of amides is 1. The van der Waals surface area contributed by atoms with Crippen LogP contribution < -0.4 is 11.2 Å². The molecule has 0 aliphatic carbocycles. The number of likely N-dealkylation sites (tertiary alicyclic amines) is 1. The van der Waals surface area contributed by atoms with E-state index in [4.69, 9.17) is 4.74 Å². The zero-order valence-corrected chi connectivity index (χ0v) is 15.1. The number of rotatable bonds is 2. The Labute approximate surface area is 147 Å². The van der Waals surface area contributed by atoms with Gasteiger partial charge in [0, 0.05) is 27.2 Å². The quantitative estimate of drug-likeness (QED) is 0.715. The minimum atomic E-state index is -0.419. The van der Waals surface area contributed by atoms with Crippen LogP contribution in [0.4, 0.5) is 0 Å². The van der Waals surface area contributed by atoms with Crippen LogP contribution in [0.2, 0.25) is 0 Å². The lowest BCUT2D eigenvalue weighted by atomic mass is 9.97. The second-order valence-corrected chi connectivity index (χ2v) is 7.16. The van der Waals surface area contributed by atoms with Crippen molar-refractivity contribution in [1.82, 2.24) is 14.0 Å². The molecular formula is C16H19N3O5S. The monoisotopic (exact) mass is 365 g/mol. The first-order valence-corrected chi connectivity index (χ1v) is 8.73. The standard InChI is InChI=1S/C16H19N3O5S/c1-17-12(20)10-8-11(25-14(10)18(2)16(17)23)13(21)19-6-4-9(5-7-19)15(22)24-3/h8-9H,4-7H2,1-3H3. The molecule has 0 radical (unpaired) electrons. The van der Waals surface area contributed by atoms with Gasteiger partial charge in [0.15, 0.2) is 0 Å². The summed E-state index contributed by atoms with van der Waals surface area (Å²) in [7, 11) is 4.36. The number of carbonyl (C=O) groups excluding carboxylic acids is 2. The fourth-order valence-corrected chi connectivity index (χ4v) is 4.18. The molecule has 25 heavy (non-hydrogen) atoms. The Morgan fingerprint density at radius 3 is 2.40 bits per heavy atom. The van der Waals surface area contributed by atoms with Gasteiger partial charge in [-0.1, -0.05) is 0 Å². The number of aryl methyl sites for hydroxylation is 1. The number of hydrogen-bond donors (Lipinski definition) is 0. The second-order valence-electron chi connectivity index (χ2n) is 6.12. The van der Waals surface area contributed by atoms with Gasteiger partial charge < -0.3 is 9.64 Å². The lowest BCUT2D eigenvalue weighted by molar-refractivity contribution is -0.146. The Morgan fingerprint density at radius 1 is 1.16 bits per heavy atom. The first-order valence-electron chi connectivity index (χ1n) is 7.91. The van der Waals surface area contributed by atoms with E-state index in [0.29, 0.717) is 41.0 Å². The first-order chi connectivity index (χ1) is 11.8. The number of hydrogen-bond acceptors (Lipinski definition) is 6. The van der Waals surface area contributed by atoms with Gasteiger partial charge in [0.05, 0.1) is 23.3 Å². The molecular weight excluding hydrogens is 346 g/mol. The number of nitrogens with zero attached hydrogens (tertiary/aromatic N) is 3. The molecule has 2 aromatic heterocycles. The van der Waals surface area contributed by atoms with Crippen molar-refractivity contribution in [3.63, 3.8) is 0 Å². The zero-order chi connectivity index (χ0) is 18.3. The highest BCUT2D eigenvalue weighted by atomic mass is 32.1. The zero-order valence-electron chi connectivity index (χ0n) is 14.3. The minimum absolute atomic E-state index is 0.176. The van der Waals surface area contributed by atoms with E-state index >= 15 is 0 Å². The second kappa shape index (κ2) is 6.47. The van der Waals surface area contributed by atoms with Gasteiger partial charge in [0.25, 0.3) is 11.5 Å². The first kappa shape index (κ1) is 17.4. The number of fused-ring (bicyclic) bond motifs is 1. The molecule has 8 nitrogen and oxygen atoms in total. The van der Waals surface area contributed by atoms with Crippen LogP contribution in [0.15, 0.2) is 15.7 Å². The van der Waals surface area contributed by atoms with Gasteiger partial charge in [0.1, 0.15) is 4.83 Å². The molecule has 0 atom stereocenters. The number of carbonyl (C=O) groups is 2. The summed E-state index contributed by atoms with van der Waals surface area (Å²) >= 11 is 1.14. The summed E-state index contributed by atoms with van der Waals surface area (Å²) in [4.78, 5) is 51.1. The van der Waals surface area contributed by atoms with Crippen molar-refractivity contribution in [2.24, 2.45) is 20.0 Å². The maximum Gasteiger partial charge on any atom is 0.331 e. The molecule has 1 amide bonds. The van der Waals surface area contributed by atoms with Crippen LogP contribution in [0.1, 0.15) is 22.5 Å². The summed E-state index contributed by atoms with van der Waals surface area (Å²) in [5, 5.41) is 0.363. The maximum atomic E-state index is 12.7. The van der Waals surface area contributed by atoms with E-state index in [1.165, 1.54) is 18.7 Å². The van der Waals surface area contributed by atoms with Crippen LogP contribution in [0.25, 0.3) is 10.2 Å². The Bertz CT molecular complexity index is 963. The minimum Gasteiger partial charge on any atom is -0.469 e. The van der Waals surface area contributed by atoms with Crippen molar-refractivity contribution in [2.75, 3.05) is 20.2 Å². The van der Waals surface area contributed by atoms with Gasteiger partial charge in [-0.05, 0) is 18.9 Å². The van der Waals surface area contributed by atoms with Crippen LogP contribution in [-0.2, 0) is 23.6 Å². The molecule has 0 unspecified atom stereocenters. The van der Waals surface area contributed by atoms with Gasteiger partial charge in [-0.2, -0.15) is 0 Å². The molecule has 2 aromatic rings. The van der Waals surface area contributed by atoms with E-state index in [1.807, 2.05) is 0 Å². The number of methoxy groups -OCH3 is 1.